The van der Waals surface area contributed by atoms with Crippen LogP contribution in [0.1, 0.15) is 13.3 Å². The van der Waals surface area contributed by atoms with Crippen LogP contribution in [0, 0.1) is 17.1 Å². The van der Waals surface area contributed by atoms with Crippen LogP contribution in [0.3, 0.4) is 0 Å². The van der Waals surface area contributed by atoms with Gasteiger partial charge in [-0.05, 0) is 19.7 Å². The molecule has 1 aliphatic heterocycles. The number of carbonyl (C=O) groups excluding carboxylic acids is 1. The first kappa shape index (κ1) is 11.1. The Kier molecular flexibility index (Phi) is 3.96. The smallest absolute Gasteiger partial charge is 0.311 e. The lowest BCUT2D eigenvalue weighted by atomic mass is 9.41. The Bertz CT molecular complexity index is 251. The van der Waals surface area contributed by atoms with Crippen molar-refractivity contribution in [3.63, 3.8) is 0 Å². The average Bonchev–Trinajstić information content (AvgIpc) is 2.17. The van der Waals surface area contributed by atoms with Gasteiger partial charge in [0, 0.05) is 5.97 Å². The molecule has 0 aromatic heterocycles. The summed E-state index contributed by atoms with van der Waals surface area (Å²) in [5, 5.41) is 18.3. The van der Waals surface area contributed by atoms with Gasteiger partial charge in [0.05, 0.1) is 18.6 Å². The third kappa shape index (κ3) is 2.49. The number of ether oxygens (including phenoxy) is 1. The molecule has 0 bridgehead atoms. The van der Waals surface area contributed by atoms with E-state index < -0.39 is 12.0 Å². The summed E-state index contributed by atoms with van der Waals surface area (Å²) in [6.45, 7) is 1.96. The number of nitrogens with zero attached hydrogens (tertiary/aromatic N) is 1. The number of carbonyl (C=O) groups is 1. The van der Waals surface area contributed by atoms with Crippen LogP contribution in [0.15, 0.2) is 0 Å². The maximum Gasteiger partial charge on any atom is 0.311 e. The highest BCUT2D eigenvalue weighted by Gasteiger charge is 2.36. The van der Waals surface area contributed by atoms with Gasteiger partial charge in [-0.3, -0.25) is 4.79 Å². The van der Waals surface area contributed by atoms with Crippen LogP contribution in [0.2, 0.25) is 12.6 Å². The summed E-state index contributed by atoms with van der Waals surface area (Å²) in [5.74, 6) is 1.35. The molecule has 1 fully saturated rings. The molecule has 2 atom stereocenters. The minimum Gasteiger partial charge on any atom is -0.466 e. The van der Waals surface area contributed by atoms with E-state index in [2.05, 4.69) is 5.97 Å². The molecule has 1 saturated heterocycles. The summed E-state index contributed by atoms with van der Waals surface area (Å²) in [6, 6.07) is 0. The van der Waals surface area contributed by atoms with Crippen molar-refractivity contribution in [3.05, 3.63) is 0 Å². The fraction of sp³-hybridized carbons (Fsp3) is 0.778. The molecule has 0 aliphatic carbocycles. The highest BCUT2D eigenvalue weighted by atomic mass is 16.5. The van der Waals surface area contributed by atoms with E-state index >= 15 is 0 Å². The maximum absolute atomic E-state index is 11.3. The molecule has 1 unspecified atom stereocenters. The van der Waals surface area contributed by atoms with E-state index in [0.29, 0.717) is 25.7 Å². The van der Waals surface area contributed by atoms with Crippen LogP contribution >= 0.6 is 0 Å². The Morgan fingerprint density at radius 2 is 2.50 bits per heavy atom. The van der Waals surface area contributed by atoms with Crippen molar-refractivity contribution >= 4 is 12.7 Å². The number of hydrogen-bond acceptors (Lipinski definition) is 4. The highest BCUT2D eigenvalue weighted by molar-refractivity contribution is 6.67. The molecule has 0 aromatic carbocycles. The van der Waals surface area contributed by atoms with Crippen LogP contribution in [0.25, 0.3) is 0 Å². The Morgan fingerprint density at radius 1 is 1.79 bits per heavy atom. The standard InChI is InChI=1S/C9H14BNO3/c1-2-14-9(13)7-3-4-10(6-11)5-8(7)12/h7-8,12H,2-5H2,1H3/t7?,8-/m0/s1. The number of esters is 1. The van der Waals surface area contributed by atoms with Crippen molar-refractivity contribution in [2.75, 3.05) is 6.61 Å². The first-order valence-corrected chi connectivity index (χ1v) is 4.93. The first-order chi connectivity index (χ1) is 6.69. The van der Waals surface area contributed by atoms with Crippen molar-refractivity contribution in [1.29, 1.82) is 5.26 Å². The van der Waals surface area contributed by atoms with Gasteiger partial charge >= 0.3 is 5.97 Å². The Balaban J connectivity index is 2.50. The summed E-state index contributed by atoms with van der Waals surface area (Å²) in [7, 11) is 0. The molecule has 0 aromatic rings. The minimum absolute atomic E-state index is 0.115. The first-order valence-electron chi connectivity index (χ1n) is 4.93. The predicted molar refractivity (Wildman–Crippen MR) is 51.7 cm³/mol. The minimum atomic E-state index is -0.715. The third-order valence-electron chi connectivity index (χ3n) is 2.59. The van der Waals surface area contributed by atoms with Gasteiger partial charge in [-0.15, -0.1) is 0 Å². The van der Waals surface area contributed by atoms with E-state index in [0.717, 1.165) is 0 Å². The van der Waals surface area contributed by atoms with Crippen molar-refractivity contribution in [2.24, 2.45) is 5.92 Å². The molecule has 76 valence electrons. The van der Waals surface area contributed by atoms with Crippen molar-refractivity contribution in [2.45, 2.75) is 32.1 Å². The van der Waals surface area contributed by atoms with Crippen LogP contribution in [0.4, 0.5) is 0 Å². The van der Waals surface area contributed by atoms with Gasteiger partial charge in [-0.2, -0.15) is 0 Å². The van der Waals surface area contributed by atoms with Crippen molar-refractivity contribution in [1.82, 2.24) is 0 Å². The topological polar surface area (TPSA) is 70.3 Å². The molecule has 0 amide bonds. The van der Waals surface area contributed by atoms with Crippen LogP contribution in [-0.4, -0.2) is 30.5 Å². The molecule has 0 radical (unpaired) electrons. The molecule has 0 spiro atoms. The lowest BCUT2D eigenvalue weighted by Crippen LogP contribution is -2.38. The Labute approximate surface area is 83.9 Å². The summed E-state index contributed by atoms with van der Waals surface area (Å²) in [4.78, 5) is 11.3. The largest absolute Gasteiger partial charge is 0.466 e. The summed E-state index contributed by atoms with van der Waals surface area (Å²) in [6.07, 6.45) is 0.905. The van der Waals surface area contributed by atoms with Crippen molar-refractivity contribution < 1.29 is 14.6 Å². The van der Waals surface area contributed by atoms with Crippen molar-refractivity contribution in [3.8, 4) is 5.97 Å². The number of nitriles is 1. The zero-order chi connectivity index (χ0) is 10.6. The molecule has 1 heterocycles. The second-order valence-corrected chi connectivity index (χ2v) is 3.56. The third-order valence-corrected chi connectivity index (χ3v) is 2.59. The molecule has 1 N–H and O–H groups in total. The average molecular weight is 195 g/mol. The molecule has 1 rings (SSSR count). The van der Waals surface area contributed by atoms with E-state index in [9.17, 15) is 9.90 Å². The van der Waals surface area contributed by atoms with Gasteiger partial charge in [0.2, 0.25) is 0 Å². The fourth-order valence-electron chi connectivity index (χ4n) is 1.79. The predicted octanol–water partition coefficient (Wildman–Crippen LogP) is 0.488. The molecule has 1 aliphatic rings. The SMILES string of the molecule is CCOC(=O)C1CCB(C#N)C[C@@H]1O. The highest BCUT2D eigenvalue weighted by Crippen LogP contribution is 2.26. The van der Waals surface area contributed by atoms with Gasteiger partial charge < -0.3 is 9.84 Å². The van der Waals surface area contributed by atoms with Gasteiger partial charge in [-0.1, -0.05) is 6.32 Å². The van der Waals surface area contributed by atoms with E-state index in [4.69, 9.17) is 10.00 Å². The second-order valence-electron chi connectivity index (χ2n) is 3.56. The zero-order valence-electron chi connectivity index (χ0n) is 8.27. The second kappa shape index (κ2) is 5.01. The van der Waals surface area contributed by atoms with Gasteiger partial charge in [0.15, 0.2) is 0 Å². The Hall–Kier alpha value is -1.02. The quantitative estimate of drug-likeness (QED) is 0.514. The lowest BCUT2D eigenvalue weighted by Gasteiger charge is -2.26. The molecule has 0 saturated carbocycles. The maximum atomic E-state index is 11.3. The summed E-state index contributed by atoms with van der Waals surface area (Å²) in [5.41, 5.74) is 0. The fourth-order valence-corrected chi connectivity index (χ4v) is 1.79. The normalized spacial score (nSPS) is 26.8. The number of aliphatic hydroxyl groups is 1. The number of hydrogen-bond donors (Lipinski definition) is 1. The molecule has 5 heteroatoms. The Morgan fingerprint density at radius 3 is 3.00 bits per heavy atom. The number of rotatable bonds is 2. The van der Waals surface area contributed by atoms with Crippen LogP contribution in [0.5, 0.6) is 0 Å². The molecular weight excluding hydrogens is 181 g/mol. The van der Waals surface area contributed by atoms with E-state index in [1.807, 2.05) is 0 Å². The molecule has 14 heavy (non-hydrogen) atoms. The van der Waals surface area contributed by atoms with Crippen LogP contribution in [-0.2, 0) is 9.53 Å². The monoisotopic (exact) mass is 195 g/mol. The summed E-state index contributed by atoms with van der Waals surface area (Å²) >= 11 is 0. The van der Waals surface area contributed by atoms with E-state index in [-0.39, 0.29) is 12.7 Å². The number of aliphatic hydroxyl groups excluding tert-OH is 1. The zero-order valence-corrected chi connectivity index (χ0v) is 8.27. The lowest BCUT2D eigenvalue weighted by molar-refractivity contribution is -0.152. The molecular formula is C9H14BNO3. The molecule has 4 nitrogen and oxygen atoms in total. The van der Waals surface area contributed by atoms with E-state index in [1.165, 1.54) is 0 Å². The van der Waals surface area contributed by atoms with Gasteiger partial charge in [-0.25, -0.2) is 5.26 Å². The van der Waals surface area contributed by atoms with Crippen LogP contribution < -0.4 is 0 Å². The van der Waals surface area contributed by atoms with Gasteiger partial charge in [0.25, 0.3) is 6.71 Å². The van der Waals surface area contributed by atoms with E-state index in [1.54, 1.807) is 6.92 Å². The summed E-state index contributed by atoms with van der Waals surface area (Å²) < 4.78 is 4.84. The van der Waals surface area contributed by atoms with Gasteiger partial charge in [0.1, 0.15) is 0 Å².